The summed E-state index contributed by atoms with van der Waals surface area (Å²) in [5.74, 6) is 7.11. The van der Waals surface area contributed by atoms with Crippen molar-refractivity contribution in [2.24, 2.45) is 58.2 Å². The molecule has 0 saturated heterocycles. The lowest BCUT2D eigenvalue weighted by Crippen LogP contribution is -2.30. The minimum Gasteiger partial charge on any atom is -0.375 e. The summed E-state index contributed by atoms with van der Waals surface area (Å²) in [6.45, 7) is 0. The van der Waals surface area contributed by atoms with Crippen LogP contribution in [0.4, 0.5) is 0 Å². The van der Waals surface area contributed by atoms with E-state index in [2.05, 4.69) is 26.5 Å². The molecule has 0 heterocycles. The Morgan fingerprint density at radius 2 is 2.00 bits per heavy atom. The van der Waals surface area contributed by atoms with Crippen molar-refractivity contribution in [1.29, 1.82) is 0 Å². The molecule has 6 fully saturated rings. The van der Waals surface area contributed by atoms with E-state index >= 15 is 0 Å². The molecule has 0 aromatic heterocycles. The van der Waals surface area contributed by atoms with Gasteiger partial charge in [0.15, 0.2) is 5.11 Å². The number of hydrogen-bond donors (Lipinski definition) is 2. The van der Waals surface area contributed by atoms with Gasteiger partial charge in [0.1, 0.15) is 0 Å². The second kappa shape index (κ2) is 2.72. The summed E-state index contributed by atoms with van der Waals surface area (Å²) in [6, 6.07) is 0. The van der Waals surface area contributed by atoms with Crippen LogP contribution in [0.15, 0.2) is 5.10 Å². The molecule has 6 aliphatic carbocycles. The van der Waals surface area contributed by atoms with Crippen molar-refractivity contribution in [2.45, 2.75) is 11.2 Å². The Labute approximate surface area is 114 Å². The summed E-state index contributed by atoms with van der Waals surface area (Å²) in [7, 11) is 0. The minimum absolute atomic E-state index is 0.297. The summed E-state index contributed by atoms with van der Waals surface area (Å²) in [6.07, 6.45) is 1.46. The molecule has 0 aliphatic heterocycles. The normalized spacial score (nSPS) is 65.7. The molecule has 0 amide bonds. The second-order valence-corrected chi connectivity index (χ2v) is 7.88. The first-order valence-corrected chi connectivity index (χ1v) is 7.79. The van der Waals surface area contributed by atoms with Crippen LogP contribution in [-0.4, -0.2) is 15.7 Å². The Hall–Kier alpha value is -0.160. The molecule has 6 saturated carbocycles. The van der Waals surface area contributed by atoms with E-state index < -0.39 is 0 Å². The number of nitrogens with one attached hydrogen (secondary N) is 1. The number of rotatable bonds is 1. The van der Waals surface area contributed by atoms with Crippen molar-refractivity contribution in [1.82, 2.24) is 5.43 Å². The van der Waals surface area contributed by atoms with Gasteiger partial charge in [0.25, 0.3) is 0 Å². The number of hydrazone groups is 1. The Balaban J connectivity index is 1.62. The van der Waals surface area contributed by atoms with E-state index in [1.165, 1.54) is 12.1 Å². The molecule has 3 nitrogen and oxygen atoms in total. The Morgan fingerprint density at radius 1 is 1.24 bits per heavy atom. The fourth-order valence-corrected chi connectivity index (χ4v) is 7.97. The SMILES string of the molecule is NC(=S)NN=C1[C@H]2[C@H]3[C@H](Br)[C@H]4[C@H]5C[C@@H]([C@H]1[C@H]53)[C@H]24. The lowest BCUT2D eigenvalue weighted by Gasteiger charge is -2.32. The van der Waals surface area contributed by atoms with Crippen LogP contribution in [0.25, 0.3) is 0 Å². The molecule has 90 valence electrons. The zero-order valence-corrected chi connectivity index (χ0v) is 11.6. The highest BCUT2D eigenvalue weighted by atomic mass is 79.9. The quantitative estimate of drug-likeness (QED) is 0.436. The number of nitrogens with two attached hydrogens (primary N) is 1. The summed E-state index contributed by atoms with van der Waals surface area (Å²) < 4.78 is 0. The first-order chi connectivity index (χ1) is 8.20. The smallest absolute Gasteiger partial charge is 0.184 e. The number of hydrogen-bond acceptors (Lipinski definition) is 2. The van der Waals surface area contributed by atoms with E-state index in [0.29, 0.717) is 5.11 Å². The zero-order chi connectivity index (χ0) is 11.5. The Bertz CT molecular complexity index is 476. The molecule has 0 radical (unpaired) electrons. The number of alkyl halides is 1. The van der Waals surface area contributed by atoms with Gasteiger partial charge in [-0.15, -0.1) is 0 Å². The first-order valence-electron chi connectivity index (χ1n) is 6.47. The van der Waals surface area contributed by atoms with Crippen LogP contribution < -0.4 is 11.2 Å². The van der Waals surface area contributed by atoms with E-state index in [1.54, 1.807) is 0 Å². The molecule has 6 rings (SSSR count). The largest absolute Gasteiger partial charge is 0.375 e. The number of nitrogens with zero attached hydrogens (tertiary/aromatic N) is 1. The summed E-state index contributed by atoms with van der Waals surface area (Å²) in [4.78, 5) is 0.764. The van der Waals surface area contributed by atoms with Gasteiger partial charge in [-0.25, -0.2) is 0 Å². The van der Waals surface area contributed by atoms with Gasteiger partial charge < -0.3 is 5.73 Å². The van der Waals surface area contributed by atoms with Crippen molar-refractivity contribution < 1.29 is 0 Å². The standard InChI is InChI=1S/C12H14BrN3S/c13-10-6-2-1-3-4(6)9-8(10)5(2)7(3)11(9)15-16-12(14)17/h2-10H,1H2,(H3,14,16,17)/t2-,3+,4-,5-,6-,7-,8-,9+,10+/m0/s1. The highest BCUT2D eigenvalue weighted by Gasteiger charge is 2.82. The molecule has 0 aromatic rings. The molecule has 0 unspecified atom stereocenters. The number of thiocarbonyl (C=S) groups is 1. The Kier molecular flexibility index (Phi) is 1.55. The number of halogens is 1. The predicted molar refractivity (Wildman–Crippen MR) is 72.6 cm³/mol. The van der Waals surface area contributed by atoms with Gasteiger partial charge in [-0.3, -0.25) is 5.43 Å². The minimum atomic E-state index is 0.297. The molecular weight excluding hydrogens is 298 g/mol. The van der Waals surface area contributed by atoms with Gasteiger partial charge in [0.05, 0.1) is 0 Å². The van der Waals surface area contributed by atoms with Gasteiger partial charge in [0.2, 0.25) is 0 Å². The molecule has 0 spiro atoms. The molecule has 9 atom stereocenters. The van der Waals surface area contributed by atoms with Crippen LogP contribution in [0.2, 0.25) is 0 Å². The highest BCUT2D eigenvalue weighted by Crippen LogP contribution is 2.82. The van der Waals surface area contributed by atoms with E-state index in [-0.39, 0.29) is 0 Å². The highest BCUT2D eigenvalue weighted by molar-refractivity contribution is 9.09. The van der Waals surface area contributed by atoms with Crippen molar-refractivity contribution >= 4 is 39.0 Å². The van der Waals surface area contributed by atoms with Crippen LogP contribution >= 0.6 is 28.1 Å². The monoisotopic (exact) mass is 311 g/mol. The topological polar surface area (TPSA) is 50.4 Å². The molecule has 3 N–H and O–H groups in total. The van der Waals surface area contributed by atoms with Gasteiger partial charge in [-0.2, -0.15) is 5.10 Å². The molecule has 6 bridgehead atoms. The van der Waals surface area contributed by atoms with E-state index in [0.717, 1.165) is 52.2 Å². The van der Waals surface area contributed by atoms with Gasteiger partial charge in [-0.05, 0) is 54.1 Å². The van der Waals surface area contributed by atoms with Crippen LogP contribution in [0.5, 0.6) is 0 Å². The van der Waals surface area contributed by atoms with Crippen molar-refractivity contribution in [3.63, 3.8) is 0 Å². The molecule has 5 heteroatoms. The van der Waals surface area contributed by atoms with Crippen LogP contribution in [0.3, 0.4) is 0 Å². The fourth-order valence-electron chi connectivity index (χ4n) is 6.49. The average molecular weight is 312 g/mol. The predicted octanol–water partition coefficient (Wildman–Crippen LogP) is 1.33. The maximum atomic E-state index is 5.49. The van der Waals surface area contributed by atoms with E-state index in [1.807, 2.05) is 0 Å². The molecule has 17 heavy (non-hydrogen) atoms. The third-order valence-corrected chi connectivity index (χ3v) is 7.65. The zero-order valence-electron chi connectivity index (χ0n) is 9.21. The van der Waals surface area contributed by atoms with Gasteiger partial charge in [0, 0.05) is 22.4 Å². The molecular formula is C12H14BrN3S. The lowest BCUT2D eigenvalue weighted by atomic mass is 9.71. The average Bonchev–Trinajstić information content (AvgIpc) is 2.97. The molecule has 6 aliphatic rings. The van der Waals surface area contributed by atoms with Crippen molar-refractivity contribution in [2.75, 3.05) is 0 Å². The van der Waals surface area contributed by atoms with Gasteiger partial charge >= 0.3 is 0 Å². The van der Waals surface area contributed by atoms with Crippen LogP contribution in [0.1, 0.15) is 6.42 Å². The van der Waals surface area contributed by atoms with Crippen molar-refractivity contribution in [3.05, 3.63) is 0 Å². The van der Waals surface area contributed by atoms with E-state index in [9.17, 15) is 0 Å². The van der Waals surface area contributed by atoms with Crippen molar-refractivity contribution in [3.8, 4) is 0 Å². The maximum Gasteiger partial charge on any atom is 0.184 e. The van der Waals surface area contributed by atoms with E-state index in [4.69, 9.17) is 18.0 Å². The van der Waals surface area contributed by atoms with Gasteiger partial charge in [-0.1, -0.05) is 15.9 Å². The third kappa shape index (κ3) is 0.820. The maximum absolute atomic E-state index is 5.49. The Morgan fingerprint density at radius 3 is 2.71 bits per heavy atom. The third-order valence-electron chi connectivity index (χ3n) is 6.34. The first kappa shape index (κ1) is 9.73. The molecule has 0 aromatic carbocycles. The van der Waals surface area contributed by atoms with Crippen LogP contribution in [0, 0.1) is 47.3 Å². The fraction of sp³-hybridized carbons (Fsp3) is 0.833. The summed E-state index contributed by atoms with van der Waals surface area (Å²) >= 11 is 8.82. The van der Waals surface area contributed by atoms with Crippen LogP contribution in [-0.2, 0) is 0 Å². The second-order valence-electron chi connectivity index (χ2n) is 6.38. The summed E-state index contributed by atoms with van der Waals surface area (Å²) in [5.41, 5.74) is 9.73. The lowest BCUT2D eigenvalue weighted by molar-refractivity contribution is 0.132. The summed E-state index contributed by atoms with van der Waals surface area (Å²) in [5, 5.41) is 4.85.